The number of benzene rings is 1. The fourth-order valence-corrected chi connectivity index (χ4v) is 1.52. The maximum Gasteiger partial charge on any atom is 0.234 e. The molecule has 2 N–H and O–H groups in total. The predicted molar refractivity (Wildman–Crippen MR) is 65.3 cm³/mol. The number of aromatic hydroxyl groups is 1. The van der Waals surface area contributed by atoms with Crippen molar-refractivity contribution in [3.63, 3.8) is 0 Å². The van der Waals surface area contributed by atoms with Crippen molar-refractivity contribution < 1.29 is 9.90 Å². The van der Waals surface area contributed by atoms with Gasteiger partial charge in [-0.25, -0.2) is 0 Å². The molecule has 1 aromatic carbocycles. The summed E-state index contributed by atoms with van der Waals surface area (Å²) in [4.78, 5) is 11.1. The Hall–Kier alpha value is -0.580. The molecule has 0 aliphatic rings. The second-order valence-electron chi connectivity index (χ2n) is 2.90. The highest BCUT2D eigenvalue weighted by Crippen LogP contribution is 2.38. The monoisotopic (exact) mass is 265 g/mol. The number of rotatable bonds is 2. The van der Waals surface area contributed by atoms with Crippen molar-refractivity contribution in [1.29, 1.82) is 0 Å². The van der Waals surface area contributed by atoms with Crippen molar-refractivity contribution in [2.24, 2.45) is 0 Å². The van der Waals surface area contributed by atoms with E-state index in [1.807, 2.05) is 0 Å². The summed E-state index contributed by atoms with van der Waals surface area (Å²) in [5, 5.41) is 12.6. The molecule has 0 aliphatic carbocycles. The molecular weight excluding hydrogens is 257 g/mol. The highest BCUT2D eigenvalue weighted by atomic mass is 35.5. The molecule has 6 heteroatoms. The molecule has 15 heavy (non-hydrogen) atoms. The molecule has 1 rings (SSSR count). The molecule has 1 amide bonds. The molecule has 1 aromatic rings. The number of carbonyl (C=O) groups excluding carboxylic acids is 1. The summed E-state index contributed by atoms with van der Waals surface area (Å²) in [7, 11) is 0. The van der Waals surface area contributed by atoms with E-state index in [0.717, 1.165) is 0 Å². The Morgan fingerprint density at radius 2 is 2.20 bits per heavy atom. The average Bonchev–Trinajstić information content (AvgIpc) is 2.22. The van der Waals surface area contributed by atoms with Gasteiger partial charge in [0.1, 0.15) is 0 Å². The lowest BCUT2D eigenvalue weighted by Gasteiger charge is -2.10. The zero-order valence-electron chi connectivity index (χ0n) is 7.84. The predicted octanol–water partition coefficient (Wildman–Crippen LogP) is 2.88. The molecule has 0 saturated carbocycles. The molecular formula is C9H9Cl2NO2S. The van der Waals surface area contributed by atoms with Gasteiger partial charge >= 0.3 is 0 Å². The third-order valence-electron chi connectivity index (χ3n) is 1.84. The largest absolute Gasteiger partial charge is 0.504 e. The van der Waals surface area contributed by atoms with Crippen LogP contribution in [0.25, 0.3) is 0 Å². The van der Waals surface area contributed by atoms with Gasteiger partial charge in [-0.3, -0.25) is 4.79 Å². The molecule has 0 aliphatic heterocycles. The van der Waals surface area contributed by atoms with E-state index in [1.165, 1.54) is 6.07 Å². The van der Waals surface area contributed by atoms with Gasteiger partial charge in [0.05, 0.1) is 16.5 Å². The third kappa shape index (κ3) is 2.71. The van der Waals surface area contributed by atoms with Gasteiger partial charge in [0.2, 0.25) is 5.91 Å². The van der Waals surface area contributed by atoms with Crippen LogP contribution in [0.4, 0.5) is 5.69 Å². The van der Waals surface area contributed by atoms with Gasteiger partial charge in [-0.05, 0) is 18.6 Å². The summed E-state index contributed by atoms with van der Waals surface area (Å²) in [6.07, 6.45) is 0. The minimum atomic E-state index is -0.343. The first-order valence-electron chi connectivity index (χ1n) is 4.05. The number of thiol groups is 1. The van der Waals surface area contributed by atoms with Crippen LogP contribution in [0.2, 0.25) is 10.0 Å². The van der Waals surface area contributed by atoms with Crippen LogP contribution in [0, 0.1) is 6.92 Å². The molecule has 0 atom stereocenters. The number of phenolic OH excluding ortho intramolecular Hbond substituents is 1. The van der Waals surface area contributed by atoms with Crippen LogP contribution in [0.1, 0.15) is 5.56 Å². The Morgan fingerprint density at radius 3 is 2.73 bits per heavy atom. The van der Waals surface area contributed by atoms with E-state index in [9.17, 15) is 9.90 Å². The molecule has 0 heterocycles. The number of phenols is 1. The van der Waals surface area contributed by atoms with Crippen LogP contribution < -0.4 is 5.32 Å². The summed E-state index contributed by atoms with van der Waals surface area (Å²) in [6, 6.07) is 1.44. The minimum Gasteiger partial charge on any atom is -0.504 e. The normalized spacial score (nSPS) is 10.1. The lowest BCUT2D eigenvalue weighted by Crippen LogP contribution is -2.12. The number of amides is 1. The second kappa shape index (κ2) is 4.96. The smallest absolute Gasteiger partial charge is 0.234 e. The maximum absolute atomic E-state index is 11.1. The van der Waals surface area contributed by atoms with E-state index in [4.69, 9.17) is 23.2 Å². The van der Waals surface area contributed by atoms with Gasteiger partial charge < -0.3 is 10.4 Å². The zero-order chi connectivity index (χ0) is 11.6. The molecule has 0 bridgehead atoms. The van der Waals surface area contributed by atoms with Crippen molar-refractivity contribution in [3.05, 3.63) is 21.7 Å². The highest BCUT2D eigenvalue weighted by Gasteiger charge is 2.13. The maximum atomic E-state index is 11.1. The Kier molecular flexibility index (Phi) is 4.13. The first-order valence-corrected chi connectivity index (χ1v) is 5.44. The summed E-state index contributed by atoms with van der Waals surface area (Å²) >= 11 is 15.5. The van der Waals surface area contributed by atoms with Crippen molar-refractivity contribution in [2.45, 2.75) is 6.92 Å². The Balaban J connectivity index is 3.15. The molecule has 82 valence electrons. The van der Waals surface area contributed by atoms with Crippen molar-refractivity contribution in [2.75, 3.05) is 11.1 Å². The SMILES string of the molecule is Cc1c(Cl)cc(NC(=O)CS)c(O)c1Cl. The minimum absolute atomic E-state index is 0.0164. The number of carbonyl (C=O) groups is 1. The van der Waals surface area contributed by atoms with Crippen molar-refractivity contribution in [3.8, 4) is 5.75 Å². The summed E-state index contributed by atoms with van der Waals surface area (Å²) in [5.74, 6) is -0.513. The van der Waals surface area contributed by atoms with Crippen LogP contribution in [0.3, 0.4) is 0 Å². The summed E-state index contributed by atoms with van der Waals surface area (Å²) in [6.45, 7) is 1.68. The van der Waals surface area contributed by atoms with E-state index in [2.05, 4.69) is 17.9 Å². The van der Waals surface area contributed by atoms with Gasteiger partial charge in [0.15, 0.2) is 5.75 Å². The average molecular weight is 266 g/mol. The van der Waals surface area contributed by atoms with Crippen molar-refractivity contribution >= 4 is 47.4 Å². The van der Waals surface area contributed by atoms with E-state index < -0.39 is 0 Å². The topological polar surface area (TPSA) is 49.3 Å². The van der Waals surface area contributed by atoms with Gasteiger partial charge in [-0.1, -0.05) is 23.2 Å². The third-order valence-corrected chi connectivity index (χ3v) is 2.98. The number of anilines is 1. The van der Waals surface area contributed by atoms with E-state index in [1.54, 1.807) is 6.92 Å². The van der Waals surface area contributed by atoms with Crippen LogP contribution in [0.15, 0.2) is 6.07 Å². The number of halogens is 2. The highest BCUT2D eigenvalue weighted by molar-refractivity contribution is 7.81. The van der Waals surface area contributed by atoms with Crippen molar-refractivity contribution in [1.82, 2.24) is 0 Å². The lowest BCUT2D eigenvalue weighted by atomic mass is 10.2. The van der Waals surface area contributed by atoms with Crippen LogP contribution in [-0.2, 0) is 4.79 Å². The molecule has 0 fully saturated rings. The number of hydrogen-bond acceptors (Lipinski definition) is 3. The van der Waals surface area contributed by atoms with Gasteiger partial charge in [0, 0.05) is 5.02 Å². The lowest BCUT2D eigenvalue weighted by molar-refractivity contribution is -0.113. The van der Waals surface area contributed by atoms with Gasteiger partial charge in [-0.2, -0.15) is 12.6 Å². The van der Waals surface area contributed by atoms with E-state index in [0.29, 0.717) is 10.6 Å². The van der Waals surface area contributed by atoms with Gasteiger partial charge in [0.25, 0.3) is 0 Å². The van der Waals surface area contributed by atoms with Gasteiger partial charge in [-0.15, -0.1) is 0 Å². The van der Waals surface area contributed by atoms with Crippen LogP contribution >= 0.6 is 35.8 Å². The Morgan fingerprint density at radius 1 is 1.60 bits per heavy atom. The van der Waals surface area contributed by atoms with Crippen LogP contribution in [0.5, 0.6) is 5.75 Å². The number of hydrogen-bond donors (Lipinski definition) is 3. The standard InChI is InChI=1S/C9H9Cl2NO2S/c1-4-5(10)2-6(9(14)8(4)11)12-7(13)3-15/h2,14-15H,3H2,1H3,(H,12,13). The first-order chi connectivity index (χ1) is 6.97. The summed E-state index contributed by atoms with van der Waals surface area (Å²) < 4.78 is 0. The molecule has 0 saturated heterocycles. The molecule has 0 aromatic heterocycles. The Labute approximate surface area is 103 Å². The molecule has 3 nitrogen and oxygen atoms in total. The second-order valence-corrected chi connectivity index (χ2v) is 4.00. The summed E-state index contributed by atoms with van der Waals surface area (Å²) in [5.41, 5.74) is 0.759. The van der Waals surface area contributed by atoms with E-state index >= 15 is 0 Å². The fraction of sp³-hybridized carbons (Fsp3) is 0.222. The zero-order valence-corrected chi connectivity index (χ0v) is 10.2. The van der Waals surface area contributed by atoms with Crippen LogP contribution in [-0.4, -0.2) is 16.8 Å². The fourth-order valence-electron chi connectivity index (χ4n) is 0.989. The Bertz CT molecular complexity index is 410. The molecule has 0 radical (unpaired) electrons. The van der Waals surface area contributed by atoms with E-state index in [-0.39, 0.29) is 28.1 Å². The first kappa shape index (κ1) is 12.5. The molecule has 0 spiro atoms. The number of nitrogens with one attached hydrogen (secondary N) is 1. The molecule has 0 unspecified atom stereocenters. The quantitative estimate of drug-likeness (QED) is 0.569.